The number of piperidine rings is 1. The van der Waals surface area contributed by atoms with Gasteiger partial charge in [-0.25, -0.2) is 0 Å². The Bertz CT molecular complexity index is 752. The number of guanidine groups is 1. The number of aliphatic imine (C=N–C) groups is 1. The van der Waals surface area contributed by atoms with Gasteiger partial charge in [-0.3, -0.25) is 4.99 Å². The molecule has 0 bridgehead atoms. The molecule has 2 heterocycles. The van der Waals surface area contributed by atoms with Gasteiger partial charge in [0.2, 0.25) is 0 Å². The maximum Gasteiger partial charge on any atom is 0.194 e. The van der Waals surface area contributed by atoms with E-state index < -0.39 is 0 Å². The van der Waals surface area contributed by atoms with Crippen molar-refractivity contribution < 1.29 is 0 Å². The first-order chi connectivity index (χ1) is 14.2. The first-order valence-corrected chi connectivity index (χ1v) is 11.2. The topological polar surface area (TPSA) is 58.3 Å². The van der Waals surface area contributed by atoms with E-state index in [0.29, 0.717) is 6.04 Å². The second kappa shape index (κ2) is 12.9. The van der Waals surface area contributed by atoms with Gasteiger partial charge in [-0.15, -0.1) is 34.2 Å². The number of hydrogen-bond donors (Lipinski definition) is 1. The van der Waals surface area contributed by atoms with Gasteiger partial charge < -0.3 is 14.8 Å². The fraction of sp³-hybridized carbons (Fsp3) is 0.609. The molecule has 1 aromatic heterocycles. The molecule has 1 N–H and O–H groups in total. The van der Waals surface area contributed by atoms with Crippen LogP contribution in [0.25, 0.3) is 0 Å². The highest BCUT2D eigenvalue weighted by molar-refractivity contribution is 14.0. The van der Waals surface area contributed by atoms with Crippen LogP contribution in [0.5, 0.6) is 0 Å². The second-order valence-corrected chi connectivity index (χ2v) is 8.07. The second-order valence-electron chi connectivity index (χ2n) is 8.07. The van der Waals surface area contributed by atoms with E-state index in [2.05, 4.69) is 76.1 Å². The molecule has 1 saturated heterocycles. The maximum absolute atomic E-state index is 4.95. The number of aromatic nitrogens is 3. The molecular weight excluding hydrogens is 487 g/mol. The molecule has 0 radical (unpaired) electrons. The van der Waals surface area contributed by atoms with Crippen molar-refractivity contribution in [3.8, 4) is 0 Å². The Kier molecular flexibility index (Phi) is 10.6. The van der Waals surface area contributed by atoms with Gasteiger partial charge in [-0.05, 0) is 44.1 Å². The molecule has 1 aromatic carbocycles. The monoisotopic (exact) mass is 524 g/mol. The lowest BCUT2D eigenvalue weighted by Gasteiger charge is -2.35. The van der Waals surface area contributed by atoms with Crippen molar-refractivity contribution in [1.29, 1.82) is 0 Å². The number of halogens is 1. The Morgan fingerprint density at radius 1 is 1.20 bits per heavy atom. The third kappa shape index (κ3) is 7.25. The van der Waals surface area contributed by atoms with Gasteiger partial charge in [0.15, 0.2) is 5.96 Å². The van der Waals surface area contributed by atoms with Crippen LogP contribution < -0.4 is 5.32 Å². The van der Waals surface area contributed by atoms with Crippen LogP contribution in [0.3, 0.4) is 0 Å². The van der Waals surface area contributed by atoms with Gasteiger partial charge in [0, 0.05) is 32.1 Å². The van der Waals surface area contributed by atoms with Crippen LogP contribution >= 0.6 is 24.0 Å². The first-order valence-electron chi connectivity index (χ1n) is 11.2. The number of likely N-dealkylation sites (tertiary alicyclic amines) is 1. The summed E-state index contributed by atoms with van der Waals surface area (Å²) in [5.41, 5.74) is 1.46. The van der Waals surface area contributed by atoms with E-state index in [-0.39, 0.29) is 24.0 Å². The Morgan fingerprint density at radius 3 is 2.60 bits per heavy atom. The van der Waals surface area contributed by atoms with Gasteiger partial charge in [-0.1, -0.05) is 44.2 Å². The number of aryl methyl sites for hydroxylation is 1. The Hall–Kier alpha value is -1.64. The lowest BCUT2D eigenvalue weighted by molar-refractivity contribution is 0.257. The fourth-order valence-electron chi connectivity index (χ4n) is 3.86. The summed E-state index contributed by atoms with van der Waals surface area (Å²) < 4.78 is 2.11. The highest BCUT2D eigenvalue weighted by atomic mass is 127. The van der Waals surface area contributed by atoms with E-state index >= 15 is 0 Å². The smallest absolute Gasteiger partial charge is 0.194 e. The van der Waals surface area contributed by atoms with Crippen molar-refractivity contribution >= 4 is 29.9 Å². The molecule has 166 valence electrons. The lowest BCUT2D eigenvalue weighted by atomic mass is 9.90. The molecule has 6 nitrogen and oxygen atoms in total. The van der Waals surface area contributed by atoms with Crippen LogP contribution in [0.4, 0.5) is 0 Å². The van der Waals surface area contributed by atoms with Crippen LogP contribution in [0.1, 0.15) is 51.4 Å². The molecule has 7 heteroatoms. The Balaban J connectivity index is 0.00000320. The molecule has 1 aliphatic rings. The summed E-state index contributed by atoms with van der Waals surface area (Å²) in [5, 5.41) is 11.8. The maximum atomic E-state index is 4.95. The molecule has 1 aliphatic heterocycles. The zero-order valence-corrected chi connectivity index (χ0v) is 21.0. The number of nitrogens with zero attached hydrogens (tertiary/aromatic N) is 5. The van der Waals surface area contributed by atoms with Crippen molar-refractivity contribution in [3.05, 3.63) is 48.0 Å². The number of hydrogen-bond acceptors (Lipinski definition) is 3. The molecule has 30 heavy (non-hydrogen) atoms. The number of benzene rings is 1. The van der Waals surface area contributed by atoms with Gasteiger partial charge >= 0.3 is 0 Å². The predicted octanol–water partition coefficient (Wildman–Crippen LogP) is 4.16. The Morgan fingerprint density at radius 2 is 1.93 bits per heavy atom. The largest absolute Gasteiger partial charge is 0.354 e. The van der Waals surface area contributed by atoms with Crippen molar-refractivity contribution in [2.75, 3.05) is 19.6 Å². The summed E-state index contributed by atoms with van der Waals surface area (Å²) in [6, 6.07) is 11.3. The molecule has 0 spiro atoms. The minimum Gasteiger partial charge on any atom is -0.354 e. The first kappa shape index (κ1) is 24.6. The SMILES string of the molecule is CCc1nncn1CCN=C(NC(C)CC)N1CCC(Cc2ccccc2)CC1.I. The molecule has 1 atom stereocenters. The molecule has 2 aromatic rings. The van der Waals surface area contributed by atoms with Crippen LogP contribution in [0.2, 0.25) is 0 Å². The van der Waals surface area contributed by atoms with Gasteiger partial charge in [0.05, 0.1) is 6.54 Å². The van der Waals surface area contributed by atoms with Crippen LogP contribution in [0.15, 0.2) is 41.7 Å². The molecule has 0 amide bonds. The zero-order chi connectivity index (χ0) is 20.5. The van der Waals surface area contributed by atoms with Crippen LogP contribution in [-0.2, 0) is 19.4 Å². The summed E-state index contributed by atoms with van der Waals surface area (Å²) in [6.07, 6.45) is 7.44. The Labute approximate surface area is 198 Å². The molecular formula is C23H37IN6. The molecule has 0 saturated carbocycles. The molecule has 0 aliphatic carbocycles. The van der Waals surface area contributed by atoms with E-state index in [4.69, 9.17) is 4.99 Å². The van der Waals surface area contributed by atoms with E-state index in [1.165, 1.54) is 24.8 Å². The molecule has 3 rings (SSSR count). The third-order valence-electron chi connectivity index (χ3n) is 5.88. The van der Waals surface area contributed by atoms with Crippen molar-refractivity contribution in [1.82, 2.24) is 25.0 Å². The average molecular weight is 524 g/mol. The minimum absolute atomic E-state index is 0. The average Bonchev–Trinajstić information content (AvgIpc) is 3.22. The summed E-state index contributed by atoms with van der Waals surface area (Å²) >= 11 is 0. The van der Waals surface area contributed by atoms with E-state index in [9.17, 15) is 0 Å². The minimum atomic E-state index is 0. The fourth-order valence-corrected chi connectivity index (χ4v) is 3.86. The van der Waals surface area contributed by atoms with E-state index in [1.807, 2.05) is 6.33 Å². The lowest BCUT2D eigenvalue weighted by Crippen LogP contribution is -2.48. The third-order valence-corrected chi connectivity index (χ3v) is 5.88. The van der Waals surface area contributed by atoms with Gasteiger partial charge in [-0.2, -0.15) is 0 Å². The number of rotatable bonds is 8. The molecule has 1 unspecified atom stereocenters. The van der Waals surface area contributed by atoms with Gasteiger partial charge in [0.1, 0.15) is 12.2 Å². The van der Waals surface area contributed by atoms with Crippen molar-refractivity contribution in [2.45, 2.75) is 65.5 Å². The zero-order valence-electron chi connectivity index (χ0n) is 18.6. The predicted molar refractivity (Wildman–Crippen MR) is 134 cm³/mol. The van der Waals surface area contributed by atoms with Crippen LogP contribution in [0, 0.1) is 5.92 Å². The standard InChI is InChI=1S/C23H36N6.HI/c1-4-19(3)26-23(24-13-16-29-18-25-27-22(29)5-2)28-14-11-21(12-15-28)17-20-9-7-6-8-10-20;/h6-10,18-19,21H,4-5,11-17H2,1-3H3,(H,24,26);1H. The summed E-state index contributed by atoms with van der Waals surface area (Å²) in [4.78, 5) is 7.39. The summed E-state index contributed by atoms with van der Waals surface area (Å²) in [6.45, 7) is 10.3. The van der Waals surface area contributed by atoms with Crippen LogP contribution in [-0.4, -0.2) is 51.3 Å². The molecule has 1 fully saturated rings. The van der Waals surface area contributed by atoms with E-state index in [1.54, 1.807) is 0 Å². The van der Waals surface area contributed by atoms with E-state index in [0.717, 1.165) is 56.7 Å². The quantitative estimate of drug-likeness (QED) is 0.320. The van der Waals surface area contributed by atoms with Crippen molar-refractivity contribution in [3.63, 3.8) is 0 Å². The van der Waals surface area contributed by atoms with Gasteiger partial charge in [0.25, 0.3) is 0 Å². The summed E-state index contributed by atoms with van der Waals surface area (Å²) in [7, 11) is 0. The summed E-state index contributed by atoms with van der Waals surface area (Å²) in [5.74, 6) is 2.85. The number of nitrogens with one attached hydrogen (secondary N) is 1. The highest BCUT2D eigenvalue weighted by Gasteiger charge is 2.22. The normalized spacial score (nSPS) is 16.2. The van der Waals surface area contributed by atoms with Crippen molar-refractivity contribution in [2.24, 2.45) is 10.9 Å². The highest BCUT2D eigenvalue weighted by Crippen LogP contribution is 2.21.